The third-order valence-electron chi connectivity index (χ3n) is 3.95. The Morgan fingerprint density at radius 3 is 2.56 bits per heavy atom. The fourth-order valence-corrected chi connectivity index (χ4v) is 3.61. The van der Waals surface area contributed by atoms with Crippen molar-refractivity contribution >= 4 is 44.8 Å². The van der Waals surface area contributed by atoms with Gasteiger partial charge in [0.05, 0.1) is 11.9 Å². The van der Waals surface area contributed by atoms with Gasteiger partial charge in [0, 0.05) is 36.5 Å². The highest BCUT2D eigenvalue weighted by Crippen LogP contribution is 2.25. The van der Waals surface area contributed by atoms with Crippen molar-refractivity contribution in [3.63, 3.8) is 0 Å². The van der Waals surface area contributed by atoms with Crippen LogP contribution in [0.4, 0.5) is 5.13 Å². The number of fused-ring (bicyclic) bond motifs is 1. The molecule has 1 N–H and O–H groups in total. The molecule has 2 amide bonds. The standard InChI is InChI=1S/C16H14ClN5O2S/c17-11-3-1-10(2-4-11)12-9-22-16(19-12)25-15(20-22)18-7-8-21-13(23)5-6-14(21)24/h1-4,9H,5-8H2,(H,18,20). The number of hydrogen-bond acceptors (Lipinski definition) is 6. The number of hydrogen-bond donors (Lipinski definition) is 1. The van der Waals surface area contributed by atoms with Crippen molar-refractivity contribution in [2.75, 3.05) is 18.4 Å². The van der Waals surface area contributed by atoms with Crippen molar-refractivity contribution in [1.82, 2.24) is 19.5 Å². The average Bonchev–Trinajstić information content (AvgIpc) is 3.24. The van der Waals surface area contributed by atoms with E-state index < -0.39 is 0 Å². The minimum absolute atomic E-state index is 0.103. The van der Waals surface area contributed by atoms with Crippen molar-refractivity contribution in [1.29, 1.82) is 0 Å². The van der Waals surface area contributed by atoms with Crippen LogP contribution >= 0.6 is 22.9 Å². The van der Waals surface area contributed by atoms with Crippen LogP contribution in [-0.4, -0.2) is 44.4 Å². The van der Waals surface area contributed by atoms with E-state index in [9.17, 15) is 9.59 Å². The molecule has 2 aromatic heterocycles. The molecule has 1 aliphatic rings. The highest BCUT2D eigenvalue weighted by atomic mass is 35.5. The van der Waals surface area contributed by atoms with E-state index in [0.717, 1.165) is 16.2 Å². The fourth-order valence-electron chi connectivity index (χ4n) is 2.68. The first-order valence-electron chi connectivity index (χ1n) is 7.79. The highest BCUT2D eigenvalue weighted by Gasteiger charge is 2.28. The first-order chi connectivity index (χ1) is 12.1. The van der Waals surface area contributed by atoms with Crippen molar-refractivity contribution in [3.8, 4) is 11.3 Å². The summed E-state index contributed by atoms with van der Waals surface area (Å²) >= 11 is 7.32. The van der Waals surface area contributed by atoms with Gasteiger partial charge in [-0.2, -0.15) is 0 Å². The number of imidazole rings is 1. The van der Waals surface area contributed by atoms with Gasteiger partial charge in [-0.05, 0) is 12.1 Å². The number of halogens is 1. The fraction of sp³-hybridized carbons (Fsp3) is 0.250. The van der Waals surface area contributed by atoms with E-state index in [1.54, 1.807) is 4.52 Å². The van der Waals surface area contributed by atoms with Crippen LogP contribution in [0.3, 0.4) is 0 Å². The molecule has 4 rings (SSSR count). The minimum Gasteiger partial charge on any atom is -0.358 e. The molecular formula is C16H14ClN5O2S. The number of amides is 2. The molecule has 3 heterocycles. The SMILES string of the molecule is O=C1CCC(=O)N1CCNc1nn2cc(-c3ccc(Cl)cc3)nc2s1. The largest absolute Gasteiger partial charge is 0.358 e. The minimum atomic E-state index is -0.103. The Morgan fingerprint density at radius 2 is 1.88 bits per heavy atom. The van der Waals surface area contributed by atoms with E-state index in [0.29, 0.717) is 36.1 Å². The molecule has 1 aromatic carbocycles. The number of likely N-dealkylation sites (tertiary alicyclic amines) is 1. The first kappa shape index (κ1) is 16.0. The number of nitrogens with one attached hydrogen (secondary N) is 1. The lowest BCUT2D eigenvalue weighted by Gasteiger charge is -2.13. The van der Waals surface area contributed by atoms with Gasteiger partial charge in [0.1, 0.15) is 0 Å². The van der Waals surface area contributed by atoms with Crippen molar-refractivity contribution in [2.45, 2.75) is 12.8 Å². The molecule has 0 radical (unpaired) electrons. The van der Waals surface area contributed by atoms with Gasteiger partial charge in [-0.15, -0.1) is 5.10 Å². The van der Waals surface area contributed by atoms with Gasteiger partial charge in [0.2, 0.25) is 21.9 Å². The Hall–Kier alpha value is -2.45. The molecule has 0 spiro atoms. The molecule has 25 heavy (non-hydrogen) atoms. The third kappa shape index (κ3) is 3.22. The van der Waals surface area contributed by atoms with Crippen LogP contribution in [0, 0.1) is 0 Å². The van der Waals surface area contributed by atoms with E-state index in [-0.39, 0.29) is 11.8 Å². The summed E-state index contributed by atoms with van der Waals surface area (Å²) in [4.78, 5) is 29.7. The van der Waals surface area contributed by atoms with Gasteiger partial charge in [-0.3, -0.25) is 14.5 Å². The number of carbonyl (C=O) groups is 2. The molecule has 9 heteroatoms. The maximum Gasteiger partial charge on any atom is 0.229 e. The highest BCUT2D eigenvalue weighted by molar-refractivity contribution is 7.20. The normalized spacial score (nSPS) is 14.7. The van der Waals surface area contributed by atoms with E-state index in [1.165, 1.54) is 16.2 Å². The van der Waals surface area contributed by atoms with Crippen LogP contribution in [0.1, 0.15) is 12.8 Å². The molecule has 1 fully saturated rings. The van der Waals surface area contributed by atoms with Crippen molar-refractivity contribution < 1.29 is 9.59 Å². The van der Waals surface area contributed by atoms with Crippen LogP contribution in [-0.2, 0) is 9.59 Å². The molecule has 1 aliphatic heterocycles. The van der Waals surface area contributed by atoms with Crippen LogP contribution in [0.25, 0.3) is 16.2 Å². The van der Waals surface area contributed by atoms with Gasteiger partial charge >= 0.3 is 0 Å². The smallest absolute Gasteiger partial charge is 0.229 e. The van der Waals surface area contributed by atoms with E-state index >= 15 is 0 Å². The summed E-state index contributed by atoms with van der Waals surface area (Å²) in [7, 11) is 0. The van der Waals surface area contributed by atoms with Crippen molar-refractivity contribution in [2.24, 2.45) is 0 Å². The number of carbonyl (C=O) groups excluding carboxylic acids is 2. The molecule has 128 valence electrons. The lowest BCUT2D eigenvalue weighted by Crippen LogP contribution is -2.33. The zero-order chi connectivity index (χ0) is 17.4. The second kappa shape index (κ2) is 6.45. The quantitative estimate of drug-likeness (QED) is 0.693. The topological polar surface area (TPSA) is 79.6 Å². The second-order valence-electron chi connectivity index (χ2n) is 5.63. The second-order valence-corrected chi connectivity index (χ2v) is 7.03. The number of aromatic nitrogens is 3. The number of nitrogens with zero attached hydrogens (tertiary/aromatic N) is 4. The van der Waals surface area contributed by atoms with Crippen LogP contribution in [0.2, 0.25) is 5.02 Å². The summed E-state index contributed by atoms with van der Waals surface area (Å²) in [5, 5.41) is 8.95. The molecule has 0 saturated carbocycles. The van der Waals surface area contributed by atoms with Crippen molar-refractivity contribution in [3.05, 3.63) is 35.5 Å². The molecule has 0 aliphatic carbocycles. The number of benzene rings is 1. The molecule has 7 nitrogen and oxygen atoms in total. The Bertz CT molecular complexity index is 902. The van der Waals surface area contributed by atoms with Gasteiger partial charge in [0.15, 0.2) is 0 Å². The number of anilines is 1. The molecule has 0 atom stereocenters. The van der Waals surface area contributed by atoms with Crippen LogP contribution in [0.15, 0.2) is 30.5 Å². The molecule has 3 aromatic rings. The van der Waals surface area contributed by atoms with Gasteiger partial charge < -0.3 is 5.32 Å². The maximum atomic E-state index is 11.6. The number of rotatable bonds is 5. The van der Waals surface area contributed by atoms with E-state index in [2.05, 4.69) is 15.4 Å². The summed E-state index contributed by atoms with van der Waals surface area (Å²) in [6, 6.07) is 7.48. The first-order valence-corrected chi connectivity index (χ1v) is 8.99. The lowest BCUT2D eigenvalue weighted by molar-refractivity contribution is -0.138. The average molecular weight is 376 g/mol. The molecule has 1 saturated heterocycles. The lowest BCUT2D eigenvalue weighted by atomic mass is 10.2. The summed E-state index contributed by atoms with van der Waals surface area (Å²) in [6.45, 7) is 0.827. The Labute approximate surface area is 152 Å². The maximum absolute atomic E-state index is 11.6. The summed E-state index contributed by atoms with van der Waals surface area (Å²) in [5.41, 5.74) is 1.80. The Morgan fingerprint density at radius 1 is 1.16 bits per heavy atom. The predicted octanol–water partition coefficient (Wildman–Crippen LogP) is 2.67. The van der Waals surface area contributed by atoms with E-state index in [4.69, 9.17) is 11.6 Å². The molecular weight excluding hydrogens is 362 g/mol. The zero-order valence-corrected chi connectivity index (χ0v) is 14.7. The van der Waals surface area contributed by atoms with Gasteiger partial charge in [-0.25, -0.2) is 9.50 Å². The Balaban J connectivity index is 1.42. The predicted molar refractivity (Wildman–Crippen MR) is 95.8 cm³/mol. The zero-order valence-electron chi connectivity index (χ0n) is 13.1. The Kier molecular flexibility index (Phi) is 4.14. The van der Waals surface area contributed by atoms with Crippen LogP contribution < -0.4 is 5.32 Å². The van der Waals surface area contributed by atoms with Gasteiger partial charge in [-0.1, -0.05) is 35.1 Å². The summed E-state index contributed by atoms with van der Waals surface area (Å²) in [6.07, 6.45) is 2.49. The summed E-state index contributed by atoms with van der Waals surface area (Å²) < 4.78 is 1.71. The molecule has 0 bridgehead atoms. The van der Waals surface area contributed by atoms with E-state index in [1.807, 2.05) is 30.5 Å². The summed E-state index contributed by atoms with van der Waals surface area (Å²) in [5.74, 6) is -0.207. The number of imide groups is 1. The van der Waals surface area contributed by atoms with Crippen LogP contribution in [0.5, 0.6) is 0 Å². The van der Waals surface area contributed by atoms with Gasteiger partial charge in [0.25, 0.3) is 0 Å². The monoisotopic (exact) mass is 375 g/mol. The third-order valence-corrected chi connectivity index (χ3v) is 5.08. The molecule has 0 unspecified atom stereocenters.